The molecule has 0 atom stereocenters. The first-order chi connectivity index (χ1) is 11.4. The van der Waals surface area contributed by atoms with Crippen LogP contribution in [0, 0.1) is 6.92 Å². The summed E-state index contributed by atoms with van der Waals surface area (Å²) in [4.78, 5) is 4.14. The molecule has 0 unspecified atom stereocenters. The molecule has 0 amide bonds. The van der Waals surface area contributed by atoms with Crippen molar-refractivity contribution in [3.63, 3.8) is 0 Å². The fraction of sp³-hybridized carbons (Fsp3) is 0.0625. The molecule has 2 N–H and O–H groups in total. The van der Waals surface area contributed by atoms with Crippen LogP contribution in [0.1, 0.15) is 5.56 Å². The summed E-state index contributed by atoms with van der Waals surface area (Å²) in [5, 5.41) is 3.24. The highest BCUT2D eigenvalue weighted by molar-refractivity contribution is 7.94. The van der Waals surface area contributed by atoms with E-state index in [0.29, 0.717) is 4.34 Å². The maximum absolute atomic E-state index is 12.2. The highest BCUT2D eigenvalue weighted by Gasteiger charge is 2.17. The number of thiophene rings is 1. The molecule has 0 saturated heterocycles. The van der Waals surface area contributed by atoms with Gasteiger partial charge in [-0.15, -0.1) is 11.3 Å². The molecule has 0 bridgehead atoms. The summed E-state index contributed by atoms with van der Waals surface area (Å²) >= 11 is 6.78. The van der Waals surface area contributed by atoms with Gasteiger partial charge in [0.25, 0.3) is 10.0 Å². The predicted molar refractivity (Wildman–Crippen MR) is 98.8 cm³/mol. The summed E-state index contributed by atoms with van der Waals surface area (Å²) in [6, 6.07) is 14.3. The molecule has 3 rings (SSSR count). The number of rotatable bonds is 5. The van der Waals surface area contributed by atoms with E-state index in [0.717, 1.165) is 28.3 Å². The molecule has 0 fully saturated rings. The summed E-state index contributed by atoms with van der Waals surface area (Å²) in [5.41, 5.74) is 2.85. The second kappa shape index (κ2) is 6.80. The van der Waals surface area contributed by atoms with E-state index in [1.54, 1.807) is 24.4 Å². The van der Waals surface area contributed by atoms with Crippen molar-refractivity contribution in [2.75, 3.05) is 10.0 Å². The Balaban J connectivity index is 1.74. The van der Waals surface area contributed by atoms with Crippen LogP contribution in [0.25, 0.3) is 0 Å². The van der Waals surface area contributed by atoms with E-state index in [-0.39, 0.29) is 10.0 Å². The molecule has 2 heterocycles. The van der Waals surface area contributed by atoms with E-state index in [1.165, 1.54) is 6.07 Å². The summed E-state index contributed by atoms with van der Waals surface area (Å²) in [7, 11) is -3.67. The van der Waals surface area contributed by atoms with E-state index in [4.69, 9.17) is 11.6 Å². The third-order valence-corrected chi connectivity index (χ3v) is 6.32. The minimum Gasteiger partial charge on any atom is -0.354 e. The molecular formula is C16H14ClN3O2S2. The molecule has 0 aliphatic rings. The molecule has 3 aromatic rings. The zero-order valence-corrected chi connectivity index (χ0v) is 15.0. The van der Waals surface area contributed by atoms with Crippen LogP contribution in [-0.2, 0) is 10.0 Å². The maximum Gasteiger partial charge on any atom is 0.272 e. The molecule has 0 aliphatic carbocycles. The topological polar surface area (TPSA) is 71.1 Å². The Morgan fingerprint density at radius 3 is 2.50 bits per heavy atom. The first-order valence-electron chi connectivity index (χ1n) is 7.01. The fourth-order valence-electron chi connectivity index (χ4n) is 2.03. The number of halogens is 1. The number of sulfonamides is 1. The number of hydrogen-bond acceptors (Lipinski definition) is 5. The van der Waals surface area contributed by atoms with Crippen LogP contribution in [0.5, 0.6) is 0 Å². The van der Waals surface area contributed by atoms with Crippen molar-refractivity contribution in [1.29, 1.82) is 0 Å². The van der Waals surface area contributed by atoms with Gasteiger partial charge in [-0.3, -0.25) is 4.72 Å². The van der Waals surface area contributed by atoms with Crippen molar-refractivity contribution in [2.45, 2.75) is 11.1 Å². The van der Waals surface area contributed by atoms with Gasteiger partial charge in [-0.25, -0.2) is 13.4 Å². The van der Waals surface area contributed by atoms with Crippen LogP contribution in [0.15, 0.2) is 58.9 Å². The van der Waals surface area contributed by atoms with Crippen LogP contribution in [0.4, 0.5) is 17.2 Å². The van der Waals surface area contributed by atoms with Crippen molar-refractivity contribution in [3.8, 4) is 0 Å². The first kappa shape index (κ1) is 16.8. The van der Waals surface area contributed by atoms with Crippen molar-refractivity contribution in [3.05, 3.63) is 64.6 Å². The van der Waals surface area contributed by atoms with E-state index >= 15 is 0 Å². The lowest BCUT2D eigenvalue weighted by molar-refractivity contribution is 0.603. The van der Waals surface area contributed by atoms with Gasteiger partial charge in [0, 0.05) is 5.69 Å². The van der Waals surface area contributed by atoms with Crippen LogP contribution in [-0.4, -0.2) is 13.4 Å². The minimum atomic E-state index is -3.67. The zero-order valence-electron chi connectivity index (χ0n) is 12.7. The summed E-state index contributed by atoms with van der Waals surface area (Å²) in [6.45, 7) is 2.00. The number of anilines is 3. The van der Waals surface area contributed by atoms with Gasteiger partial charge in [-0.05, 0) is 42.8 Å². The van der Waals surface area contributed by atoms with Crippen LogP contribution in [0.3, 0.4) is 0 Å². The number of aryl methyl sites for hydroxylation is 1. The number of nitrogens with one attached hydrogen (secondary N) is 2. The third kappa shape index (κ3) is 3.87. The van der Waals surface area contributed by atoms with Crippen LogP contribution < -0.4 is 10.0 Å². The molecule has 0 spiro atoms. The van der Waals surface area contributed by atoms with Crippen molar-refractivity contribution in [1.82, 2.24) is 4.98 Å². The molecule has 1 aromatic carbocycles. The summed E-state index contributed by atoms with van der Waals surface area (Å²) in [6.07, 6.45) is 1.58. The SMILES string of the molecule is Cc1ccccc1Nc1ccc(NS(=O)(=O)c2ccc(Cl)s2)nc1. The average Bonchev–Trinajstić information content (AvgIpc) is 2.99. The lowest BCUT2D eigenvalue weighted by Crippen LogP contribution is -2.12. The Hall–Kier alpha value is -2.09. The molecule has 124 valence electrons. The zero-order chi connectivity index (χ0) is 17.2. The van der Waals surface area contributed by atoms with Gasteiger partial charge in [0.1, 0.15) is 10.0 Å². The van der Waals surface area contributed by atoms with Crippen molar-refractivity contribution < 1.29 is 8.42 Å². The molecular weight excluding hydrogens is 366 g/mol. The highest BCUT2D eigenvalue weighted by Crippen LogP contribution is 2.27. The van der Waals surface area contributed by atoms with Gasteiger partial charge < -0.3 is 5.32 Å². The Bertz CT molecular complexity index is 953. The van der Waals surface area contributed by atoms with Gasteiger partial charge in [-0.1, -0.05) is 29.8 Å². The second-order valence-electron chi connectivity index (χ2n) is 5.04. The summed E-state index contributed by atoms with van der Waals surface area (Å²) in [5.74, 6) is 0.245. The van der Waals surface area contributed by atoms with Crippen molar-refractivity contribution in [2.24, 2.45) is 0 Å². The lowest BCUT2D eigenvalue weighted by atomic mass is 10.2. The first-order valence-corrected chi connectivity index (χ1v) is 9.69. The number of para-hydroxylation sites is 1. The smallest absolute Gasteiger partial charge is 0.272 e. The van der Waals surface area contributed by atoms with Crippen molar-refractivity contribution >= 4 is 50.2 Å². The Morgan fingerprint density at radius 2 is 1.88 bits per heavy atom. The number of pyridine rings is 1. The van der Waals surface area contributed by atoms with E-state index < -0.39 is 10.0 Å². The number of nitrogens with zero attached hydrogens (tertiary/aromatic N) is 1. The van der Waals surface area contributed by atoms with E-state index in [2.05, 4.69) is 15.0 Å². The third-order valence-electron chi connectivity index (χ3n) is 3.24. The normalized spacial score (nSPS) is 11.2. The van der Waals surface area contributed by atoms with Gasteiger partial charge >= 0.3 is 0 Å². The predicted octanol–water partition coefficient (Wildman–Crippen LogP) is 4.65. The van der Waals surface area contributed by atoms with Crippen LogP contribution in [0.2, 0.25) is 4.34 Å². The largest absolute Gasteiger partial charge is 0.354 e. The quantitative estimate of drug-likeness (QED) is 0.676. The molecule has 24 heavy (non-hydrogen) atoms. The van der Waals surface area contributed by atoms with E-state index in [1.807, 2.05) is 31.2 Å². The molecule has 2 aromatic heterocycles. The summed E-state index contributed by atoms with van der Waals surface area (Å²) < 4.78 is 27.4. The molecule has 0 saturated carbocycles. The van der Waals surface area contributed by atoms with Gasteiger partial charge in [0.15, 0.2) is 0 Å². The van der Waals surface area contributed by atoms with Crippen LogP contribution >= 0.6 is 22.9 Å². The van der Waals surface area contributed by atoms with Gasteiger partial charge in [0.05, 0.1) is 16.2 Å². The second-order valence-corrected chi connectivity index (χ2v) is 8.66. The molecule has 0 aliphatic heterocycles. The number of aromatic nitrogens is 1. The highest BCUT2D eigenvalue weighted by atomic mass is 35.5. The maximum atomic E-state index is 12.2. The number of benzene rings is 1. The molecule has 0 radical (unpaired) electrons. The fourth-order valence-corrected chi connectivity index (χ4v) is 4.52. The monoisotopic (exact) mass is 379 g/mol. The Morgan fingerprint density at radius 1 is 1.08 bits per heavy atom. The molecule has 8 heteroatoms. The molecule has 5 nitrogen and oxygen atoms in total. The Kier molecular flexibility index (Phi) is 4.75. The number of hydrogen-bond donors (Lipinski definition) is 2. The lowest BCUT2D eigenvalue weighted by Gasteiger charge is -2.10. The van der Waals surface area contributed by atoms with Gasteiger partial charge in [-0.2, -0.15) is 0 Å². The van der Waals surface area contributed by atoms with E-state index in [9.17, 15) is 8.42 Å². The Labute approximate surface area is 149 Å². The standard InChI is InChI=1S/C16H14ClN3O2S2/c1-11-4-2-3-5-13(11)19-12-6-8-15(18-10-12)20-24(21,22)16-9-7-14(17)23-16/h2-10,19H,1H3,(H,18,20). The minimum absolute atomic E-state index is 0.149. The average molecular weight is 380 g/mol. The van der Waals surface area contributed by atoms with Gasteiger partial charge in [0.2, 0.25) is 0 Å².